The summed E-state index contributed by atoms with van der Waals surface area (Å²) in [6.07, 6.45) is 0.0430. The van der Waals surface area contributed by atoms with Gasteiger partial charge in [0, 0.05) is 4.88 Å². The van der Waals surface area contributed by atoms with E-state index in [9.17, 15) is 9.59 Å². The van der Waals surface area contributed by atoms with Crippen molar-refractivity contribution in [3.63, 3.8) is 0 Å². The van der Waals surface area contributed by atoms with E-state index >= 15 is 0 Å². The highest BCUT2D eigenvalue weighted by atomic mass is 32.1. The van der Waals surface area contributed by atoms with E-state index in [4.69, 9.17) is 13.9 Å². The van der Waals surface area contributed by atoms with Crippen molar-refractivity contribution in [2.24, 2.45) is 0 Å². The van der Waals surface area contributed by atoms with Gasteiger partial charge < -0.3 is 19.2 Å². The monoisotopic (exact) mass is 435 g/mol. The van der Waals surface area contributed by atoms with Crippen molar-refractivity contribution in [3.8, 4) is 5.75 Å². The average molecular weight is 436 g/mol. The molecule has 1 unspecified atom stereocenters. The van der Waals surface area contributed by atoms with Crippen LogP contribution >= 0.6 is 11.3 Å². The quantitative estimate of drug-likeness (QED) is 0.389. The molecule has 6 nitrogen and oxygen atoms in total. The van der Waals surface area contributed by atoms with Crippen molar-refractivity contribution in [2.75, 3.05) is 7.11 Å². The number of carbonyl (C=O) groups is 2. The molecule has 31 heavy (non-hydrogen) atoms. The Morgan fingerprint density at radius 3 is 2.65 bits per heavy atom. The smallest absolute Gasteiger partial charge is 0.307 e. The second-order valence-corrected chi connectivity index (χ2v) is 7.86. The highest BCUT2D eigenvalue weighted by Crippen LogP contribution is 2.24. The molecule has 1 amide bonds. The van der Waals surface area contributed by atoms with Gasteiger partial charge in [-0.3, -0.25) is 9.59 Å². The lowest BCUT2D eigenvalue weighted by Gasteiger charge is -2.15. The van der Waals surface area contributed by atoms with Gasteiger partial charge in [0.1, 0.15) is 18.1 Å². The number of hydrogen-bond donors (Lipinski definition) is 1. The van der Waals surface area contributed by atoms with Gasteiger partial charge in [0.15, 0.2) is 5.76 Å². The molecule has 0 saturated carbocycles. The molecule has 0 radical (unpaired) electrons. The van der Waals surface area contributed by atoms with Crippen LogP contribution in [0.25, 0.3) is 10.8 Å². The first-order valence-electron chi connectivity index (χ1n) is 9.74. The molecule has 0 saturated heterocycles. The summed E-state index contributed by atoms with van der Waals surface area (Å²) >= 11 is 1.46. The molecule has 1 atom stereocenters. The Morgan fingerprint density at radius 1 is 1.03 bits per heavy atom. The van der Waals surface area contributed by atoms with Gasteiger partial charge in [0.05, 0.1) is 19.6 Å². The fourth-order valence-electron chi connectivity index (χ4n) is 3.18. The molecule has 4 aromatic rings. The van der Waals surface area contributed by atoms with Crippen LogP contribution in [0, 0.1) is 0 Å². The highest BCUT2D eigenvalue weighted by Gasteiger charge is 2.22. The van der Waals surface area contributed by atoms with E-state index < -0.39 is 17.9 Å². The summed E-state index contributed by atoms with van der Waals surface area (Å²) in [4.78, 5) is 25.3. The third-order valence-corrected chi connectivity index (χ3v) is 5.76. The summed E-state index contributed by atoms with van der Waals surface area (Å²) in [6, 6.07) is 20.4. The van der Waals surface area contributed by atoms with Crippen molar-refractivity contribution in [1.29, 1.82) is 0 Å². The first kappa shape index (κ1) is 20.7. The summed E-state index contributed by atoms with van der Waals surface area (Å²) in [7, 11) is 1.32. The number of hydrogen-bond acceptors (Lipinski definition) is 6. The fraction of sp³-hybridized carbons (Fsp3) is 0.167. The molecule has 4 rings (SSSR count). The minimum absolute atomic E-state index is 0.0430. The summed E-state index contributed by atoms with van der Waals surface area (Å²) in [5.74, 6) is 0.598. The number of ether oxygens (including phenoxy) is 2. The Labute approximate surface area is 183 Å². The molecule has 158 valence electrons. The minimum atomic E-state index is -0.484. The molecule has 0 aliphatic rings. The Balaban J connectivity index is 1.39. The topological polar surface area (TPSA) is 77.8 Å². The van der Waals surface area contributed by atoms with Crippen LogP contribution in [0.4, 0.5) is 0 Å². The Hall–Kier alpha value is -3.58. The molecule has 0 bridgehead atoms. The number of carbonyl (C=O) groups excluding carboxylic acids is 2. The molecular formula is C24H21NO5S. The number of amides is 1. The zero-order valence-corrected chi connectivity index (χ0v) is 17.7. The zero-order chi connectivity index (χ0) is 21.6. The zero-order valence-electron chi connectivity index (χ0n) is 16.9. The second kappa shape index (κ2) is 9.49. The number of rotatable bonds is 8. The van der Waals surface area contributed by atoms with E-state index in [0.717, 1.165) is 21.4 Å². The van der Waals surface area contributed by atoms with Crippen LogP contribution in [0.5, 0.6) is 5.75 Å². The highest BCUT2D eigenvalue weighted by molar-refractivity contribution is 7.10. The van der Waals surface area contributed by atoms with Gasteiger partial charge in [-0.1, -0.05) is 36.4 Å². The number of benzene rings is 2. The van der Waals surface area contributed by atoms with Crippen LogP contribution in [-0.4, -0.2) is 19.0 Å². The van der Waals surface area contributed by atoms with Crippen LogP contribution in [-0.2, 0) is 16.1 Å². The normalized spacial score (nSPS) is 11.8. The van der Waals surface area contributed by atoms with Crippen molar-refractivity contribution in [1.82, 2.24) is 5.32 Å². The Kier molecular flexibility index (Phi) is 6.33. The van der Waals surface area contributed by atoms with E-state index in [1.54, 1.807) is 12.1 Å². The number of thiophene rings is 1. The lowest BCUT2D eigenvalue weighted by atomic mass is 10.1. The molecule has 2 aromatic heterocycles. The molecule has 7 heteroatoms. The number of furan rings is 1. The number of fused-ring (bicyclic) bond motifs is 1. The molecule has 1 N–H and O–H groups in total. The van der Waals surface area contributed by atoms with Gasteiger partial charge in [-0.05, 0) is 46.5 Å². The SMILES string of the molecule is COC(=O)CC(NC(=O)c1ccc(COc2ccc3ccccc3c2)o1)c1cccs1. The number of nitrogens with one attached hydrogen (secondary N) is 1. The van der Waals surface area contributed by atoms with Crippen LogP contribution in [0.15, 0.2) is 76.5 Å². The molecule has 2 heterocycles. The largest absolute Gasteiger partial charge is 0.486 e. The maximum absolute atomic E-state index is 12.7. The molecule has 0 aliphatic heterocycles. The first-order valence-corrected chi connectivity index (χ1v) is 10.6. The van der Waals surface area contributed by atoms with Gasteiger partial charge in [0.2, 0.25) is 0 Å². The average Bonchev–Trinajstić information content (AvgIpc) is 3.49. The summed E-state index contributed by atoms with van der Waals surface area (Å²) in [6.45, 7) is 0.197. The van der Waals surface area contributed by atoms with Crippen molar-refractivity contribution in [3.05, 3.63) is 88.5 Å². The standard InChI is InChI=1S/C24H21NO5S/c1-28-23(26)14-20(22-7-4-12-31-22)25-24(27)21-11-10-19(30-21)15-29-18-9-8-16-5-2-3-6-17(16)13-18/h2-13,20H,14-15H2,1H3,(H,25,27). The van der Waals surface area contributed by atoms with Crippen molar-refractivity contribution >= 4 is 34.0 Å². The second-order valence-electron chi connectivity index (χ2n) is 6.89. The maximum Gasteiger partial charge on any atom is 0.307 e. The van der Waals surface area contributed by atoms with E-state index in [2.05, 4.69) is 5.32 Å². The summed E-state index contributed by atoms with van der Waals surface area (Å²) in [5, 5.41) is 6.96. The molecule has 0 aliphatic carbocycles. The maximum atomic E-state index is 12.7. The van der Waals surface area contributed by atoms with Gasteiger partial charge in [0.25, 0.3) is 5.91 Å². The van der Waals surface area contributed by atoms with Crippen LogP contribution in [0.2, 0.25) is 0 Å². The van der Waals surface area contributed by atoms with Gasteiger partial charge >= 0.3 is 5.97 Å². The lowest BCUT2D eigenvalue weighted by Crippen LogP contribution is -2.29. The first-order chi connectivity index (χ1) is 15.1. The summed E-state index contributed by atoms with van der Waals surface area (Å²) < 4.78 is 16.2. The fourth-order valence-corrected chi connectivity index (χ4v) is 3.96. The molecule has 0 spiro atoms. The predicted molar refractivity (Wildman–Crippen MR) is 118 cm³/mol. The van der Waals surface area contributed by atoms with Crippen LogP contribution in [0.3, 0.4) is 0 Å². The van der Waals surface area contributed by atoms with Crippen LogP contribution < -0.4 is 10.1 Å². The molecule has 2 aromatic carbocycles. The molecular weight excluding hydrogens is 414 g/mol. The van der Waals surface area contributed by atoms with Gasteiger partial charge in [-0.25, -0.2) is 0 Å². The third-order valence-electron chi connectivity index (χ3n) is 4.78. The van der Waals surface area contributed by atoms with Crippen molar-refractivity contribution in [2.45, 2.75) is 19.1 Å². The molecule has 0 fully saturated rings. The predicted octanol–water partition coefficient (Wildman–Crippen LogP) is 5.11. The third kappa shape index (κ3) is 5.13. The minimum Gasteiger partial charge on any atom is -0.486 e. The number of esters is 1. The van der Waals surface area contributed by atoms with Crippen LogP contribution in [0.1, 0.15) is 33.7 Å². The number of methoxy groups -OCH3 is 1. The van der Waals surface area contributed by atoms with E-state index in [1.807, 2.05) is 60.0 Å². The van der Waals surface area contributed by atoms with E-state index in [0.29, 0.717) is 5.76 Å². The van der Waals surface area contributed by atoms with Crippen molar-refractivity contribution < 1.29 is 23.5 Å². The van der Waals surface area contributed by atoms with Gasteiger partial charge in [-0.15, -0.1) is 11.3 Å². The van der Waals surface area contributed by atoms with Gasteiger partial charge in [-0.2, -0.15) is 0 Å². The van der Waals surface area contributed by atoms with E-state index in [-0.39, 0.29) is 18.8 Å². The Morgan fingerprint density at radius 2 is 1.87 bits per heavy atom. The van der Waals surface area contributed by atoms with E-state index in [1.165, 1.54) is 18.4 Å². The Bertz CT molecular complexity index is 1180. The lowest BCUT2D eigenvalue weighted by molar-refractivity contribution is -0.141. The summed E-state index contributed by atoms with van der Waals surface area (Å²) in [5.41, 5.74) is 0.